The van der Waals surface area contributed by atoms with E-state index in [1.54, 1.807) is 12.1 Å². The zero-order valence-electron chi connectivity index (χ0n) is 10.6. The molecular weight excluding hydrogens is 229 g/mol. The Morgan fingerprint density at radius 1 is 1.28 bits per heavy atom. The van der Waals surface area contributed by atoms with Crippen LogP contribution in [0.15, 0.2) is 30.5 Å². The van der Waals surface area contributed by atoms with Crippen LogP contribution in [-0.2, 0) is 13.0 Å². The van der Waals surface area contributed by atoms with Gasteiger partial charge < -0.3 is 5.73 Å². The second-order valence-electron chi connectivity index (χ2n) is 4.23. The first kappa shape index (κ1) is 12.8. The van der Waals surface area contributed by atoms with Gasteiger partial charge in [-0.15, -0.1) is 0 Å². The van der Waals surface area contributed by atoms with E-state index in [1.807, 2.05) is 17.8 Å². The van der Waals surface area contributed by atoms with Crippen molar-refractivity contribution >= 4 is 0 Å². The van der Waals surface area contributed by atoms with E-state index in [-0.39, 0.29) is 5.82 Å². The van der Waals surface area contributed by atoms with Gasteiger partial charge in [-0.1, -0.05) is 0 Å². The van der Waals surface area contributed by atoms with E-state index in [1.165, 1.54) is 17.7 Å². The average Bonchev–Trinajstić information content (AvgIpc) is 2.80. The summed E-state index contributed by atoms with van der Waals surface area (Å²) in [5, 5.41) is 4.37. The van der Waals surface area contributed by atoms with Gasteiger partial charge in [0.15, 0.2) is 0 Å². The molecule has 0 unspecified atom stereocenters. The molecule has 0 atom stereocenters. The highest BCUT2D eigenvalue weighted by Crippen LogP contribution is 2.25. The first-order valence-electron chi connectivity index (χ1n) is 6.27. The van der Waals surface area contributed by atoms with Gasteiger partial charge in [0.25, 0.3) is 0 Å². The van der Waals surface area contributed by atoms with Crippen molar-refractivity contribution < 1.29 is 4.39 Å². The van der Waals surface area contributed by atoms with Gasteiger partial charge in [-0.05, 0) is 56.1 Å². The molecule has 96 valence electrons. The molecule has 0 amide bonds. The summed E-state index contributed by atoms with van der Waals surface area (Å²) in [6.07, 6.45) is 3.73. The van der Waals surface area contributed by atoms with E-state index in [0.717, 1.165) is 30.6 Å². The molecule has 0 bridgehead atoms. The molecule has 2 N–H and O–H groups in total. The number of halogens is 1. The average molecular weight is 247 g/mol. The van der Waals surface area contributed by atoms with Crippen LogP contribution in [0.5, 0.6) is 0 Å². The van der Waals surface area contributed by atoms with E-state index in [9.17, 15) is 4.39 Å². The number of aromatic nitrogens is 2. The van der Waals surface area contributed by atoms with Crippen LogP contribution in [-0.4, -0.2) is 16.3 Å². The number of nitrogens with zero attached hydrogens (tertiary/aromatic N) is 2. The third-order valence-corrected chi connectivity index (χ3v) is 2.98. The van der Waals surface area contributed by atoms with Crippen molar-refractivity contribution in [1.29, 1.82) is 0 Å². The van der Waals surface area contributed by atoms with Crippen molar-refractivity contribution in [2.24, 2.45) is 5.73 Å². The molecule has 1 heterocycles. The van der Waals surface area contributed by atoms with Crippen LogP contribution in [0, 0.1) is 5.82 Å². The number of rotatable bonds is 5. The minimum atomic E-state index is -0.218. The minimum absolute atomic E-state index is 0.218. The summed E-state index contributed by atoms with van der Waals surface area (Å²) in [7, 11) is 0. The van der Waals surface area contributed by atoms with Crippen molar-refractivity contribution in [2.45, 2.75) is 26.3 Å². The highest BCUT2D eigenvalue weighted by atomic mass is 19.1. The molecule has 2 rings (SSSR count). The number of benzene rings is 1. The molecule has 18 heavy (non-hydrogen) atoms. The maximum atomic E-state index is 13.0. The number of aryl methyl sites for hydroxylation is 2. The van der Waals surface area contributed by atoms with Crippen LogP contribution in [0.2, 0.25) is 0 Å². The molecule has 0 spiro atoms. The van der Waals surface area contributed by atoms with E-state index in [0.29, 0.717) is 6.54 Å². The third kappa shape index (κ3) is 2.59. The zero-order valence-corrected chi connectivity index (χ0v) is 10.6. The molecule has 0 aliphatic heterocycles. The Bertz CT molecular complexity index is 502. The van der Waals surface area contributed by atoms with E-state index >= 15 is 0 Å². The van der Waals surface area contributed by atoms with E-state index < -0.39 is 0 Å². The summed E-state index contributed by atoms with van der Waals surface area (Å²) in [5.41, 5.74) is 8.80. The van der Waals surface area contributed by atoms with E-state index in [4.69, 9.17) is 5.73 Å². The predicted molar refractivity (Wildman–Crippen MR) is 70.7 cm³/mol. The Balaban J connectivity index is 2.39. The molecule has 0 saturated heterocycles. The van der Waals surface area contributed by atoms with Gasteiger partial charge in [-0.3, -0.25) is 4.68 Å². The van der Waals surface area contributed by atoms with Crippen molar-refractivity contribution in [3.05, 3.63) is 41.8 Å². The lowest BCUT2D eigenvalue weighted by atomic mass is 10.0. The van der Waals surface area contributed by atoms with Gasteiger partial charge in [-0.2, -0.15) is 5.10 Å². The molecule has 0 aliphatic carbocycles. The van der Waals surface area contributed by atoms with Crippen molar-refractivity contribution in [1.82, 2.24) is 9.78 Å². The number of nitrogens with two attached hydrogens (primary N) is 1. The van der Waals surface area contributed by atoms with Gasteiger partial charge in [0, 0.05) is 12.1 Å². The fraction of sp³-hybridized carbons (Fsp3) is 0.357. The monoisotopic (exact) mass is 247 g/mol. The predicted octanol–water partition coefficient (Wildman–Crippen LogP) is 2.60. The van der Waals surface area contributed by atoms with Crippen LogP contribution in [0.25, 0.3) is 11.3 Å². The van der Waals surface area contributed by atoms with Crippen molar-refractivity contribution in [3.8, 4) is 11.3 Å². The molecule has 0 fully saturated rings. The lowest BCUT2D eigenvalue weighted by Gasteiger charge is -2.08. The van der Waals surface area contributed by atoms with Crippen LogP contribution < -0.4 is 5.73 Å². The van der Waals surface area contributed by atoms with Crippen LogP contribution in [0.3, 0.4) is 0 Å². The standard InChI is InChI=1S/C14H18FN3/c1-2-18-14(11-5-7-13(15)8-6-11)12(10-17-18)4-3-9-16/h5-8,10H,2-4,9,16H2,1H3. The summed E-state index contributed by atoms with van der Waals surface area (Å²) < 4.78 is 14.9. The molecule has 2 aromatic rings. The Kier molecular flexibility index (Phi) is 4.10. The zero-order chi connectivity index (χ0) is 13.0. The second-order valence-corrected chi connectivity index (χ2v) is 4.23. The number of hydrogen-bond donors (Lipinski definition) is 1. The summed E-state index contributed by atoms with van der Waals surface area (Å²) in [5.74, 6) is -0.218. The quantitative estimate of drug-likeness (QED) is 0.882. The maximum Gasteiger partial charge on any atom is 0.123 e. The molecule has 1 aromatic heterocycles. The van der Waals surface area contributed by atoms with Gasteiger partial charge in [0.2, 0.25) is 0 Å². The lowest BCUT2D eigenvalue weighted by molar-refractivity contribution is 0.627. The normalized spacial score (nSPS) is 10.8. The molecule has 3 nitrogen and oxygen atoms in total. The molecule has 1 aromatic carbocycles. The first-order chi connectivity index (χ1) is 8.76. The molecule has 0 aliphatic rings. The summed E-state index contributed by atoms with van der Waals surface area (Å²) >= 11 is 0. The SMILES string of the molecule is CCn1ncc(CCCN)c1-c1ccc(F)cc1. The van der Waals surface area contributed by atoms with Crippen molar-refractivity contribution in [2.75, 3.05) is 6.54 Å². The van der Waals surface area contributed by atoms with Crippen LogP contribution in [0.1, 0.15) is 18.9 Å². The van der Waals surface area contributed by atoms with Gasteiger partial charge in [0.1, 0.15) is 5.82 Å². The number of hydrogen-bond acceptors (Lipinski definition) is 2. The maximum absolute atomic E-state index is 13.0. The fourth-order valence-electron chi connectivity index (χ4n) is 2.08. The van der Waals surface area contributed by atoms with Gasteiger partial charge in [0.05, 0.1) is 11.9 Å². The Hall–Kier alpha value is -1.68. The Morgan fingerprint density at radius 2 is 2.00 bits per heavy atom. The third-order valence-electron chi connectivity index (χ3n) is 2.98. The summed E-state index contributed by atoms with van der Waals surface area (Å²) in [6, 6.07) is 6.55. The molecule has 0 saturated carbocycles. The summed E-state index contributed by atoms with van der Waals surface area (Å²) in [6.45, 7) is 3.52. The topological polar surface area (TPSA) is 43.8 Å². The second kappa shape index (κ2) is 5.78. The van der Waals surface area contributed by atoms with Gasteiger partial charge in [-0.25, -0.2) is 4.39 Å². The molecule has 0 radical (unpaired) electrons. The molecular formula is C14H18FN3. The largest absolute Gasteiger partial charge is 0.330 e. The van der Waals surface area contributed by atoms with Crippen molar-refractivity contribution in [3.63, 3.8) is 0 Å². The Labute approximate surface area is 106 Å². The van der Waals surface area contributed by atoms with Gasteiger partial charge >= 0.3 is 0 Å². The molecule has 4 heteroatoms. The minimum Gasteiger partial charge on any atom is -0.330 e. The van der Waals surface area contributed by atoms with Crippen LogP contribution >= 0.6 is 0 Å². The highest BCUT2D eigenvalue weighted by Gasteiger charge is 2.11. The first-order valence-corrected chi connectivity index (χ1v) is 6.27. The smallest absolute Gasteiger partial charge is 0.123 e. The fourth-order valence-corrected chi connectivity index (χ4v) is 2.08. The lowest BCUT2D eigenvalue weighted by Crippen LogP contribution is -2.03. The van der Waals surface area contributed by atoms with E-state index in [2.05, 4.69) is 5.10 Å². The van der Waals surface area contributed by atoms with Crippen LogP contribution in [0.4, 0.5) is 4.39 Å². The summed E-state index contributed by atoms with van der Waals surface area (Å²) in [4.78, 5) is 0. The Morgan fingerprint density at radius 3 is 2.61 bits per heavy atom. The highest BCUT2D eigenvalue weighted by molar-refractivity contribution is 5.63.